The summed E-state index contributed by atoms with van der Waals surface area (Å²) in [7, 11) is 5.99. The monoisotopic (exact) mass is 446 g/mol. The van der Waals surface area contributed by atoms with Gasteiger partial charge in [0.2, 0.25) is 0 Å². The van der Waals surface area contributed by atoms with Crippen molar-refractivity contribution in [3.05, 3.63) is 0 Å². The van der Waals surface area contributed by atoms with E-state index in [0.29, 0.717) is 0 Å². The minimum atomic E-state index is 0. The zero-order chi connectivity index (χ0) is 15.9. The van der Waals surface area contributed by atoms with E-state index in [-0.39, 0.29) is 30.1 Å². The molecule has 2 N–H and O–H groups in total. The molecule has 1 unspecified atom stereocenters. The van der Waals surface area contributed by atoms with E-state index >= 15 is 0 Å². The lowest BCUT2D eigenvalue weighted by Gasteiger charge is -2.21. The summed E-state index contributed by atoms with van der Waals surface area (Å²) in [6.45, 7) is 5.60. The summed E-state index contributed by atoms with van der Waals surface area (Å²) in [5, 5.41) is 6.71. The summed E-state index contributed by atoms with van der Waals surface area (Å²) in [5.74, 6) is 2.10. The van der Waals surface area contributed by atoms with Gasteiger partial charge in [-0.05, 0) is 52.3 Å². The van der Waals surface area contributed by atoms with E-state index in [2.05, 4.69) is 40.9 Å². The molecule has 1 atom stereocenters. The maximum atomic E-state index is 5.77. The van der Waals surface area contributed by atoms with Crippen LogP contribution in [-0.2, 0) is 4.74 Å². The zero-order valence-electron chi connectivity index (χ0n) is 14.9. The summed E-state index contributed by atoms with van der Waals surface area (Å²) in [4.78, 5) is 6.44. The first-order valence-corrected chi connectivity index (χ1v) is 9.23. The Hall–Kier alpha value is 0.270. The first kappa shape index (κ1) is 24.5. The molecule has 0 spiro atoms. The highest BCUT2D eigenvalue weighted by Crippen LogP contribution is 1.99. The Balaban J connectivity index is 0. The average Bonchev–Trinajstić information content (AvgIpc) is 2.47. The van der Waals surface area contributed by atoms with Gasteiger partial charge in [-0.1, -0.05) is 0 Å². The summed E-state index contributed by atoms with van der Waals surface area (Å²) in [6, 6.07) is 0. The molecule has 0 aliphatic carbocycles. The first-order valence-electron chi connectivity index (χ1n) is 7.83. The smallest absolute Gasteiger partial charge is 0.191 e. The molecule has 0 rings (SSSR count). The standard InChI is InChI=1S/C15H34N4OS.HI/c1-6-20-14(9-11-19(3)4)13-18-15(16-2)17-10-7-8-12-21-5;/h14H,6-13H2,1-5H3,(H2,16,17,18);1H. The van der Waals surface area contributed by atoms with Crippen LogP contribution in [0.2, 0.25) is 0 Å². The molecule has 0 aliphatic rings. The van der Waals surface area contributed by atoms with Gasteiger partial charge in [-0.3, -0.25) is 4.99 Å². The number of guanidine groups is 1. The Labute approximate surface area is 158 Å². The van der Waals surface area contributed by atoms with Crippen molar-refractivity contribution < 1.29 is 4.74 Å². The maximum absolute atomic E-state index is 5.77. The third kappa shape index (κ3) is 15.2. The molecule has 0 radical (unpaired) electrons. The molecule has 0 saturated heterocycles. The third-order valence-corrected chi connectivity index (χ3v) is 3.79. The Morgan fingerprint density at radius 1 is 1.27 bits per heavy atom. The van der Waals surface area contributed by atoms with Gasteiger partial charge in [-0.2, -0.15) is 11.8 Å². The number of ether oxygens (including phenoxy) is 1. The van der Waals surface area contributed by atoms with E-state index in [9.17, 15) is 0 Å². The molecule has 5 nitrogen and oxygen atoms in total. The van der Waals surface area contributed by atoms with Crippen molar-refractivity contribution in [3.63, 3.8) is 0 Å². The SMILES string of the molecule is CCOC(CCN(C)C)CNC(=NC)NCCCCSC.I. The van der Waals surface area contributed by atoms with Crippen molar-refractivity contribution in [2.24, 2.45) is 4.99 Å². The van der Waals surface area contributed by atoms with Gasteiger partial charge in [0, 0.05) is 33.3 Å². The molecule has 0 aromatic carbocycles. The molecule has 0 aromatic rings. The van der Waals surface area contributed by atoms with Gasteiger partial charge >= 0.3 is 0 Å². The van der Waals surface area contributed by atoms with Crippen LogP contribution in [0.1, 0.15) is 26.2 Å². The summed E-state index contributed by atoms with van der Waals surface area (Å²) >= 11 is 1.90. The van der Waals surface area contributed by atoms with Crippen molar-refractivity contribution in [2.45, 2.75) is 32.3 Å². The first-order chi connectivity index (χ1) is 10.1. The van der Waals surface area contributed by atoms with Gasteiger partial charge in [0.05, 0.1) is 6.10 Å². The molecule has 0 fully saturated rings. The predicted octanol–water partition coefficient (Wildman–Crippen LogP) is 2.27. The van der Waals surface area contributed by atoms with Crippen molar-refractivity contribution in [1.29, 1.82) is 0 Å². The van der Waals surface area contributed by atoms with Crippen LogP contribution in [0.5, 0.6) is 0 Å². The van der Waals surface area contributed by atoms with Crippen LogP contribution in [0, 0.1) is 0 Å². The Morgan fingerprint density at radius 3 is 2.55 bits per heavy atom. The number of nitrogens with one attached hydrogen (secondary N) is 2. The molecule has 7 heteroatoms. The number of hydrogen-bond donors (Lipinski definition) is 2. The lowest BCUT2D eigenvalue weighted by molar-refractivity contribution is 0.0548. The fourth-order valence-corrected chi connectivity index (χ4v) is 2.38. The van der Waals surface area contributed by atoms with Gasteiger partial charge in [0.25, 0.3) is 0 Å². The predicted molar refractivity (Wildman–Crippen MR) is 111 cm³/mol. The molecule has 0 aliphatic heterocycles. The molecule has 22 heavy (non-hydrogen) atoms. The van der Waals surface area contributed by atoms with Crippen molar-refractivity contribution in [3.8, 4) is 0 Å². The normalized spacial score (nSPS) is 12.9. The molecule has 134 valence electrons. The van der Waals surface area contributed by atoms with Crippen LogP contribution in [0.3, 0.4) is 0 Å². The van der Waals surface area contributed by atoms with Crippen molar-refractivity contribution >= 4 is 41.7 Å². The number of rotatable bonds is 12. The minimum Gasteiger partial charge on any atom is -0.377 e. The summed E-state index contributed by atoms with van der Waals surface area (Å²) in [6.07, 6.45) is 5.83. The molecule has 0 saturated carbocycles. The van der Waals surface area contributed by atoms with Gasteiger partial charge in [0.15, 0.2) is 5.96 Å². The Morgan fingerprint density at radius 2 is 2.00 bits per heavy atom. The van der Waals surface area contributed by atoms with E-state index in [1.54, 1.807) is 0 Å². The highest BCUT2D eigenvalue weighted by Gasteiger charge is 2.09. The number of aliphatic imine (C=N–C) groups is 1. The summed E-state index contributed by atoms with van der Waals surface area (Å²) in [5.41, 5.74) is 0. The minimum absolute atomic E-state index is 0. The highest BCUT2D eigenvalue weighted by molar-refractivity contribution is 14.0. The fraction of sp³-hybridized carbons (Fsp3) is 0.933. The molecule has 0 aromatic heterocycles. The van der Waals surface area contributed by atoms with Crippen molar-refractivity contribution in [2.75, 3.05) is 59.4 Å². The lowest BCUT2D eigenvalue weighted by atomic mass is 10.2. The largest absolute Gasteiger partial charge is 0.377 e. The third-order valence-electron chi connectivity index (χ3n) is 3.09. The van der Waals surface area contributed by atoms with Gasteiger partial charge < -0.3 is 20.3 Å². The van der Waals surface area contributed by atoms with E-state index in [4.69, 9.17) is 4.74 Å². The second kappa shape index (κ2) is 17.6. The van der Waals surface area contributed by atoms with Crippen LogP contribution in [-0.4, -0.2) is 76.4 Å². The molecular formula is C15H35IN4OS. The number of nitrogens with zero attached hydrogens (tertiary/aromatic N) is 2. The van der Waals surface area contributed by atoms with E-state index in [1.165, 1.54) is 18.6 Å². The molecule has 0 amide bonds. The number of hydrogen-bond acceptors (Lipinski definition) is 4. The maximum Gasteiger partial charge on any atom is 0.191 e. The average molecular weight is 446 g/mol. The van der Waals surface area contributed by atoms with Gasteiger partial charge in [-0.25, -0.2) is 0 Å². The molecular weight excluding hydrogens is 411 g/mol. The van der Waals surface area contributed by atoms with Crippen LogP contribution in [0.4, 0.5) is 0 Å². The molecule has 0 bridgehead atoms. The van der Waals surface area contributed by atoms with E-state index in [1.807, 2.05) is 25.7 Å². The van der Waals surface area contributed by atoms with E-state index < -0.39 is 0 Å². The Kier molecular flexibility index (Phi) is 19.6. The quantitative estimate of drug-likeness (QED) is 0.209. The van der Waals surface area contributed by atoms with Gasteiger partial charge in [0.1, 0.15) is 0 Å². The van der Waals surface area contributed by atoms with E-state index in [0.717, 1.165) is 38.6 Å². The molecule has 0 heterocycles. The zero-order valence-corrected chi connectivity index (χ0v) is 18.0. The second-order valence-corrected chi connectivity index (χ2v) is 6.23. The summed E-state index contributed by atoms with van der Waals surface area (Å²) < 4.78 is 5.77. The fourth-order valence-electron chi connectivity index (χ4n) is 1.89. The Bertz CT molecular complexity index is 268. The second-order valence-electron chi connectivity index (χ2n) is 5.25. The van der Waals surface area contributed by atoms with Crippen molar-refractivity contribution in [1.82, 2.24) is 15.5 Å². The number of unbranched alkanes of at least 4 members (excludes halogenated alkanes) is 1. The van der Waals surface area contributed by atoms with Crippen LogP contribution >= 0.6 is 35.7 Å². The lowest BCUT2D eigenvalue weighted by Crippen LogP contribution is -2.42. The van der Waals surface area contributed by atoms with Crippen LogP contribution in [0.15, 0.2) is 4.99 Å². The number of thioether (sulfide) groups is 1. The van der Waals surface area contributed by atoms with Crippen LogP contribution < -0.4 is 10.6 Å². The van der Waals surface area contributed by atoms with Gasteiger partial charge in [-0.15, -0.1) is 24.0 Å². The van der Waals surface area contributed by atoms with Crippen LogP contribution in [0.25, 0.3) is 0 Å². The highest BCUT2D eigenvalue weighted by atomic mass is 127. The topological polar surface area (TPSA) is 48.9 Å². The number of halogens is 1.